The Labute approximate surface area is 169 Å². The summed E-state index contributed by atoms with van der Waals surface area (Å²) in [5, 5.41) is 3.53. The van der Waals surface area contributed by atoms with E-state index in [1.807, 2.05) is 23.1 Å². The van der Waals surface area contributed by atoms with Gasteiger partial charge in [0.15, 0.2) is 0 Å². The Kier molecular flexibility index (Phi) is 5.01. The predicted molar refractivity (Wildman–Crippen MR) is 111 cm³/mol. The number of amides is 2. The lowest BCUT2D eigenvalue weighted by molar-refractivity contribution is 0.181. The van der Waals surface area contributed by atoms with E-state index >= 15 is 0 Å². The SMILES string of the molecule is CC[C@H]1c2cccn2-c2ccccc2CN1C(=O)Nc1cc(Cl)ccc1OC. The summed E-state index contributed by atoms with van der Waals surface area (Å²) in [4.78, 5) is 15.2. The number of hydrogen-bond acceptors (Lipinski definition) is 2. The molecular formula is C22H22ClN3O2. The van der Waals surface area contributed by atoms with Crippen LogP contribution < -0.4 is 10.1 Å². The molecule has 2 heterocycles. The minimum Gasteiger partial charge on any atom is -0.495 e. The van der Waals surface area contributed by atoms with Gasteiger partial charge in [-0.3, -0.25) is 0 Å². The molecule has 4 rings (SSSR count). The van der Waals surface area contributed by atoms with Gasteiger partial charge >= 0.3 is 6.03 Å². The van der Waals surface area contributed by atoms with E-state index in [2.05, 4.69) is 41.2 Å². The summed E-state index contributed by atoms with van der Waals surface area (Å²) in [6.07, 6.45) is 2.86. The van der Waals surface area contributed by atoms with E-state index in [4.69, 9.17) is 16.3 Å². The molecular weight excluding hydrogens is 374 g/mol. The summed E-state index contributed by atoms with van der Waals surface area (Å²) >= 11 is 6.12. The fourth-order valence-corrected chi connectivity index (χ4v) is 4.00. The van der Waals surface area contributed by atoms with E-state index in [1.165, 1.54) is 0 Å². The van der Waals surface area contributed by atoms with Crippen LogP contribution in [0.1, 0.15) is 30.6 Å². The summed E-state index contributed by atoms with van der Waals surface area (Å²) < 4.78 is 7.55. The van der Waals surface area contributed by atoms with E-state index in [9.17, 15) is 4.79 Å². The Bertz CT molecular complexity index is 1010. The maximum atomic E-state index is 13.3. The first-order valence-corrected chi connectivity index (χ1v) is 9.67. The van der Waals surface area contributed by atoms with Crippen LogP contribution in [0.5, 0.6) is 5.75 Å². The van der Waals surface area contributed by atoms with Crippen LogP contribution in [0.3, 0.4) is 0 Å². The zero-order chi connectivity index (χ0) is 19.7. The van der Waals surface area contributed by atoms with Gasteiger partial charge in [0.1, 0.15) is 5.75 Å². The normalized spacial score (nSPS) is 15.4. The fraction of sp³-hybridized carbons (Fsp3) is 0.227. The number of nitrogens with zero attached hydrogens (tertiary/aromatic N) is 2. The van der Waals surface area contributed by atoms with Crippen molar-refractivity contribution in [1.29, 1.82) is 0 Å². The average Bonchev–Trinajstić information content (AvgIpc) is 3.13. The second-order valence-electron chi connectivity index (χ2n) is 6.76. The predicted octanol–water partition coefficient (Wildman–Crippen LogP) is 5.64. The molecule has 6 heteroatoms. The molecule has 0 unspecified atom stereocenters. The number of methoxy groups -OCH3 is 1. The molecule has 1 aliphatic heterocycles. The quantitative estimate of drug-likeness (QED) is 0.623. The van der Waals surface area contributed by atoms with Gasteiger partial charge in [0.25, 0.3) is 0 Å². The molecule has 2 aromatic carbocycles. The lowest BCUT2D eigenvalue weighted by Crippen LogP contribution is -2.37. The third kappa shape index (κ3) is 3.22. The largest absolute Gasteiger partial charge is 0.495 e. The molecule has 0 radical (unpaired) electrons. The third-order valence-electron chi connectivity index (χ3n) is 5.14. The van der Waals surface area contributed by atoms with Gasteiger partial charge in [-0.25, -0.2) is 4.79 Å². The zero-order valence-corrected chi connectivity index (χ0v) is 16.6. The highest BCUT2D eigenvalue weighted by atomic mass is 35.5. The third-order valence-corrected chi connectivity index (χ3v) is 5.38. The lowest BCUT2D eigenvalue weighted by atomic mass is 10.1. The van der Waals surface area contributed by atoms with Crippen molar-refractivity contribution < 1.29 is 9.53 Å². The molecule has 28 heavy (non-hydrogen) atoms. The van der Waals surface area contributed by atoms with Crippen molar-refractivity contribution in [2.75, 3.05) is 12.4 Å². The number of aromatic nitrogens is 1. The molecule has 1 atom stereocenters. The molecule has 0 fully saturated rings. The van der Waals surface area contributed by atoms with Gasteiger partial charge in [0, 0.05) is 16.9 Å². The van der Waals surface area contributed by atoms with Gasteiger partial charge in [-0.15, -0.1) is 0 Å². The summed E-state index contributed by atoms with van der Waals surface area (Å²) in [6.45, 7) is 2.61. The van der Waals surface area contributed by atoms with Crippen molar-refractivity contribution >= 4 is 23.3 Å². The van der Waals surface area contributed by atoms with Gasteiger partial charge in [0.05, 0.1) is 31.1 Å². The number of halogens is 1. The van der Waals surface area contributed by atoms with E-state index in [-0.39, 0.29) is 12.1 Å². The highest BCUT2D eigenvalue weighted by Gasteiger charge is 2.30. The number of fused-ring (bicyclic) bond motifs is 3. The van der Waals surface area contributed by atoms with Crippen molar-refractivity contribution in [2.24, 2.45) is 0 Å². The number of hydrogen-bond donors (Lipinski definition) is 1. The van der Waals surface area contributed by atoms with Gasteiger partial charge in [-0.1, -0.05) is 36.7 Å². The summed E-state index contributed by atoms with van der Waals surface area (Å²) in [5.41, 5.74) is 3.86. The minimum absolute atomic E-state index is 0.0485. The van der Waals surface area contributed by atoms with Crippen molar-refractivity contribution in [3.05, 3.63) is 77.1 Å². The molecule has 0 spiro atoms. The topological polar surface area (TPSA) is 46.5 Å². The zero-order valence-electron chi connectivity index (χ0n) is 15.9. The number of urea groups is 1. The van der Waals surface area contributed by atoms with Gasteiger partial charge in [-0.05, 0) is 48.4 Å². The molecule has 1 aromatic heterocycles. The second kappa shape index (κ2) is 7.60. The highest BCUT2D eigenvalue weighted by Crippen LogP contribution is 2.35. The number of ether oxygens (including phenoxy) is 1. The molecule has 0 saturated carbocycles. The first-order chi connectivity index (χ1) is 13.6. The van der Waals surface area contributed by atoms with Gasteiger partial charge < -0.3 is 19.5 Å². The number of anilines is 1. The summed E-state index contributed by atoms with van der Waals surface area (Å²) in [5.74, 6) is 0.574. The second-order valence-corrected chi connectivity index (χ2v) is 7.19. The molecule has 144 valence electrons. The summed E-state index contributed by atoms with van der Waals surface area (Å²) in [7, 11) is 1.57. The van der Waals surface area contributed by atoms with Crippen LogP contribution in [-0.2, 0) is 6.54 Å². The first-order valence-electron chi connectivity index (χ1n) is 9.29. The van der Waals surface area contributed by atoms with Crippen LogP contribution in [0.25, 0.3) is 5.69 Å². The Morgan fingerprint density at radius 2 is 2.04 bits per heavy atom. The Hall–Kier alpha value is -2.92. The van der Waals surface area contributed by atoms with E-state index < -0.39 is 0 Å². The number of carbonyl (C=O) groups is 1. The van der Waals surface area contributed by atoms with Crippen molar-refractivity contribution in [3.63, 3.8) is 0 Å². The number of nitrogens with one attached hydrogen (secondary N) is 1. The highest BCUT2D eigenvalue weighted by molar-refractivity contribution is 6.31. The molecule has 2 amide bonds. The van der Waals surface area contributed by atoms with Gasteiger partial charge in [-0.2, -0.15) is 0 Å². The number of carbonyl (C=O) groups excluding carboxylic acids is 1. The van der Waals surface area contributed by atoms with Gasteiger partial charge in [0.2, 0.25) is 0 Å². The maximum Gasteiger partial charge on any atom is 0.322 e. The Morgan fingerprint density at radius 3 is 2.82 bits per heavy atom. The van der Waals surface area contributed by atoms with Crippen molar-refractivity contribution in [3.8, 4) is 11.4 Å². The molecule has 0 bridgehead atoms. The van der Waals surface area contributed by atoms with Crippen molar-refractivity contribution in [2.45, 2.75) is 25.9 Å². The Balaban J connectivity index is 1.73. The smallest absolute Gasteiger partial charge is 0.322 e. The maximum absolute atomic E-state index is 13.3. The van der Waals surface area contributed by atoms with E-state index in [1.54, 1.807) is 25.3 Å². The van der Waals surface area contributed by atoms with E-state index in [0.717, 1.165) is 23.4 Å². The van der Waals surface area contributed by atoms with Crippen LogP contribution in [0.2, 0.25) is 5.02 Å². The monoisotopic (exact) mass is 395 g/mol. The molecule has 0 saturated heterocycles. The first kappa shape index (κ1) is 18.4. The standard InChI is InChI=1S/C22H22ClN3O2/c1-3-18-20-9-6-12-25(20)19-8-5-4-7-15(19)14-26(18)22(27)24-17-13-16(23)10-11-21(17)28-2/h4-13,18H,3,14H2,1-2H3,(H,24,27)/t18-/m0/s1. The fourth-order valence-electron chi connectivity index (χ4n) is 3.83. The molecule has 1 N–H and O–H groups in total. The molecule has 1 aliphatic rings. The van der Waals surface area contributed by atoms with E-state index in [0.29, 0.717) is 23.0 Å². The number of benzene rings is 2. The Morgan fingerprint density at radius 1 is 1.21 bits per heavy atom. The lowest BCUT2D eigenvalue weighted by Gasteiger charge is -2.30. The minimum atomic E-state index is -0.183. The molecule has 3 aromatic rings. The van der Waals surface area contributed by atoms with Crippen LogP contribution in [-0.4, -0.2) is 22.6 Å². The number of rotatable bonds is 3. The van der Waals surface area contributed by atoms with Crippen LogP contribution in [0.4, 0.5) is 10.5 Å². The van der Waals surface area contributed by atoms with Crippen LogP contribution in [0.15, 0.2) is 60.8 Å². The molecule has 0 aliphatic carbocycles. The number of para-hydroxylation sites is 1. The van der Waals surface area contributed by atoms with Crippen molar-refractivity contribution in [1.82, 2.24) is 9.47 Å². The van der Waals surface area contributed by atoms with Crippen LogP contribution >= 0.6 is 11.6 Å². The van der Waals surface area contributed by atoms with Crippen LogP contribution in [0, 0.1) is 0 Å². The molecule has 5 nitrogen and oxygen atoms in total. The summed E-state index contributed by atoms with van der Waals surface area (Å²) in [6, 6.07) is 17.2. The average molecular weight is 396 g/mol.